The lowest BCUT2D eigenvalue weighted by atomic mass is 10.2. The zero-order valence-corrected chi connectivity index (χ0v) is 19.5. The summed E-state index contributed by atoms with van der Waals surface area (Å²) in [6.45, 7) is 6.55. The number of halogens is 1. The van der Waals surface area contributed by atoms with E-state index in [0.29, 0.717) is 19.7 Å². The van der Waals surface area contributed by atoms with Gasteiger partial charge in [-0.3, -0.25) is 14.6 Å². The fraction of sp³-hybridized carbons (Fsp3) is 0.500. The molecular formula is C20H31IN6O2. The molecule has 2 N–H and O–H groups in total. The van der Waals surface area contributed by atoms with Crippen LogP contribution in [-0.2, 0) is 24.9 Å². The molecule has 0 bridgehead atoms. The highest BCUT2D eigenvalue weighted by molar-refractivity contribution is 14.0. The van der Waals surface area contributed by atoms with Crippen molar-refractivity contribution in [1.82, 2.24) is 25.3 Å². The Kier molecular flexibility index (Phi) is 10.2. The maximum Gasteiger partial charge on any atom is 0.191 e. The molecule has 1 fully saturated rings. The average Bonchev–Trinajstić information content (AvgIpc) is 3.14. The first-order valence-electron chi connectivity index (χ1n) is 9.68. The van der Waals surface area contributed by atoms with Crippen molar-refractivity contribution in [3.05, 3.63) is 47.8 Å². The second-order valence-electron chi connectivity index (χ2n) is 6.68. The van der Waals surface area contributed by atoms with E-state index in [2.05, 4.69) is 37.8 Å². The van der Waals surface area contributed by atoms with Gasteiger partial charge >= 0.3 is 0 Å². The van der Waals surface area contributed by atoms with Crippen LogP contribution in [0.4, 0.5) is 0 Å². The van der Waals surface area contributed by atoms with Gasteiger partial charge < -0.3 is 20.1 Å². The van der Waals surface area contributed by atoms with Crippen molar-refractivity contribution in [2.75, 3.05) is 46.5 Å². The Balaban J connectivity index is 0.00000300. The second kappa shape index (κ2) is 12.7. The maximum absolute atomic E-state index is 5.93. The van der Waals surface area contributed by atoms with Crippen LogP contribution in [0.3, 0.4) is 0 Å². The lowest BCUT2D eigenvalue weighted by Gasteiger charge is -2.26. The monoisotopic (exact) mass is 514 g/mol. The van der Waals surface area contributed by atoms with Crippen LogP contribution in [0.15, 0.2) is 41.5 Å². The highest BCUT2D eigenvalue weighted by Crippen LogP contribution is 2.13. The Labute approximate surface area is 189 Å². The lowest BCUT2D eigenvalue weighted by Crippen LogP contribution is -2.38. The fourth-order valence-electron chi connectivity index (χ4n) is 3.02. The third kappa shape index (κ3) is 7.82. The topological polar surface area (TPSA) is 75.9 Å². The van der Waals surface area contributed by atoms with E-state index in [1.165, 1.54) is 0 Å². The molecule has 1 aromatic heterocycles. The summed E-state index contributed by atoms with van der Waals surface area (Å²) in [5, 5.41) is 10.8. The van der Waals surface area contributed by atoms with Crippen molar-refractivity contribution in [2.24, 2.45) is 12.0 Å². The Morgan fingerprint density at radius 1 is 1.21 bits per heavy atom. The zero-order valence-electron chi connectivity index (χ0n) is 17.1. The SMILES string of the molecule is CN=C(NCc1cccc(OCCN2CCOCC2)c1)NCc1ccnn1C.I. The van der Waals surface area contributed by atoms with Gasteiger partial charge in [-0.25, -0.2) is 0 Å². The molecule has 0 saturated carbocycles. The molecule has 0 radical (unpaired) electrons. The summed E-state index contributed by atoms with van der Waals surface area (Å²) in [4.78, 5) is 6.64. The first kappa shape index (κ1) is 23.4. The van der Waals surface area contributed by atoms with Gasteiger partial charge in [0, 0.05) is 46.5 Å². The van der Waals surface area contributed by atoms with Gasteiger partial charge in [-0.05, 0) is 23.8 Å². The Morgan fingerprint density at radius 3 is 2.72 bits per heavy atom. The summed E-state index contributed by atoms with van der Waals surface area (Å²) in [6.07, 6.45) is 1.79. The van der Waals surface area contributed by atoms with Crippen molar-refractivity contribution in [3.63, 3.8) is 0 Å². The molecule has 1 saturated heterocycles. The van der Waals surface area contributed by atoms with Crippen LogP contribution < -0.4 is 15.4 Å². The highest BCUT2D eigenvalue weighted by atomic mass is 127. The first-order valence-corrected chi connectivity index (χ1v) is 9.68. The van der Waals surface area contributed by atoms with Gasteiger partial charge in [-0.15, -0.1) is 24.0 Å². The summed E-state index contributed by atoms with van der Waals surface area (Å²) >= 11 is 0. The smallest absolute Gasteiger partial charge is 0.191 e. The highest BCUT2D eigenvalue weighted by Gasteiger charge is 2.10. The molecule has 0 amide bonds. The van der Waals surface area contributed by atoms with E-state index in [-0.39, 0.29) is 24.0 Å². The predicted molar refractivity (Wildman–Crippen MR) is 125 cm³/mol. The minimum atomic E-state index is 0. The minimum Gasteiger partial charge on any atom is -0.492 e. The van der Waals surface area contributed by atoms with Crippen LogP contribution in [-0.4, -0.2) is 67.1 Å². The van der Waals surface area contributed by atoms with E-state index in [0.717, 1.165) is 55.8 Å². The number of ether oxygens (including phenoxy) is 2. The molecule has 0 atom stereocenters. The second-order valence-corrected chi connectivity index (χ2v) is 6.68. The molecule has 0 unspecified atom stereocenters. The lowest BCUT2D eigenvalue weighted by molar-refractivity contribution is 0.0322. The van der Waals surface area contributed by atoms with Crippen LogP contribution in [0.25, 0.3) is 0 Å². The Bertz CT molecular complexity index is 761. The van der Waals surface area contributed by atoms with Gasteiger partial charge in [0.2, 0.25) is 0 Å². The van der Waals surface area contributed by atoms with Crippen LogP contribution >= 0.6 is 24.0 Å². The van der Waals surface area contributed by atoms with Gasteiger partial charge in [0.1, 0.15) is 12.4 Å². The molecule has 29 heavy (non-hydrogen) atoms. The summed E-state index contributed by atoms with van der Waals surface area (Å²) in [7, 11) is 3.70. The van der Waals surface area contributed by atoms with Crippen molar-refractivity contribution in [3.8, 4) is 5.75 Å². The molecule has 9 heteroatoms. The number of benzene rings is 1. The number of nitrogens with zero attached hydrogens (tertiary/aromatic N) is 4. The summed E-state index contributed by atoms with van der Waals surface area (Å²) < 4.78 is 13.1. The van der Waals surface area contributed by atoms with Crippen LogP contribution in [0, 0.1) is 0 Å². The number of guanidine groups is 1. The number of aromatic nitrogens is 2. The molecule has 160 valence electrons. The molecule has 1 aromatic carbocycles. The standard InChI is InChI=1S/C20H30N6O2.HI/c1-21-20(23-16-18-6-7-24-25(18)2)22-15-17-4-3-5-19(14-17)28-13-10-26-8-11-27-12-9-26;/h3-7,14H,8-13,15-16H2,1-2H3,(H2,21,22,23);1H. The van der Waals surface area contributed by atoms with E-state index in [4.69, 9.17) is 9.47 Å². The summed E-state index contributed by atoms with van der Waals surface area (Å²) in [5.41, 5.74) is 2.24. The van der Waals surface area contributed by atoms with Gasteiger partial charge in [-0.1, -0.05) is 12.1 Å². The van der Waals surface area contributed by atoms with Gasteiger partial charge in [-0.2, -0.15) is 5.10 Å². The Hall–Kier alpha value is -1.85. The molecule has 8 nitrogen and oxygen atoms in total. The largest absolute Gasteiger partial charge is 0.492 e. The predicted octanol–water partition coefficient (Wildman–Crippen LogP) is 1.61. The number of nitrogens with one attached hydrogen (secondary N) is 2. The van der Waals surface area contributed by atoms with Gasteiger partial charge in [0.15, 0.2) is 5.96 Å². The van der Waals surface area contributed by atoms with Crippen molar-refractivity contribution >= 4 is 29.9 Å². The molecule has 1 aliphatic heterocycles. The average molecular weight is 514 g/mol. The molecule has 2 aromatic rings. The number of rotatable bonds is 8. The number of aryl methyl sites for hydroxylation is 1. The van der Waals surface area contributed by atoms with Gasteiger partial charge in [0.05, 0.1) is 25.5 Å². The number of hydrogen-bond acceptors (Lipinski definition) is 5. The van der Waals surface area contributed by atoms with Crippen LogP contribution in [0.1, 0.15) is 11.3 Å². The van der Waals surface area contributed by atoms with E-state index in [1.54, 1.807) is 13.2 Å². The molecule has 0 aliphatic carbocycles. The van der Waals surface area contributed by atoms with E-state index >= 15 is 0 Å². The van der Waals surface area contributed by atoms with Crippen molar-refractivity contribution in [2.45, 2.75) is 13.1 Å². The van der Waals surface area contributed by atoms with Crippen LogP contribution in [0.5, 0.6) is 5.75 Å². The quantitative estimate of drug-likeness (QED) is 0.317. The normalized spacial score (nSPS) is 14.9. The molecule has 1 aliphatic rings. The van der Waals surface area contributed by atoms with Crippen molar-refractivity contribution < 1.29 is 9.47 Å². The van der Waals surface area contributed by atoms with Crippen molar-refractivity contribution in [1.29, 1.82) is 0 Å². The number of aliphatic imine (C=N–C) groups is 1. The maximum atomic E-state index is 5.93. The van der Waals surface area contributed by atoms with E-state index in [9.17, 15) is 0 Å². The van der Waals surface area contributed by atoms with Crippen LogP contribution in [0.2, 0.25) is 0 Å². The molecular weight excluding hydrogens is 483 g/mol. The van der Waals surface area contributed by atoms with E-state index < -0.39 is 0 Å². The third-order valence-corrected chi connectivity index (χ3v) is 4.72. The Morgan fingerprint density at radius 2 is 2.00 bits per heavy atom. The molecule has 0 spiro atoms. The third-order valence-electron chi connectivity index (χ3n) is 4.72. The first-order chi connectivity index (χ1) is 13.7. The summed E-state index contributed by atoms with van der Waals surface area (Å²) in [5.74, 6) is 1.64. The van der Waals surface area contributed by atoms with E-state index in [1.807, 2.05) is 29.9 Å². The summed E-state index contributed by atoms with van der Waals surface area (Å²) in [6, 6.07) is 10.2. The number of morpholine rings is 1. The molecule has 3 rings (SSSR count). The zero-order chi connectivity index (χ0) is 19.6. The molecule has 2 heterocycles. The van der Waals surface area contributed by atoms with Gasteiger partial charge in [0.25, 0.3) is 0 Å². The fourth-order valence-corrected chi connectivity index (χ4v) is 3.02. The number of hydrogen-bond donors (Lipinski definition) is 2. The minimum absolute atomic E-state index is 0.